The van der Waals surface area contributed by atoms with Gasteiger partial charge in [-0.3, -0.25) is 0 Å². The molecule has 0 unspecified atom stereocenters. The van der Waals surface area contributed by atoms with Crippen molar-refractivity contribution in [2.75, 3.05) is 0 Å². The molecule has 3 aromatic rings. The minimum atomic E-state index is -2.45. The second kappa shape index (κ2) is 7.98. The van der Waals surface area contributed by atoms with Crippen molar-refractivity contribution in [1.29, 1.82) is 0 Å². The highest BCUT2D eigenvalue weighted by atomic mass is 19.2. The summed E-state index contributed by atoms with van der Waals surface area (Å²) in [5, 5.41) is 0. The van der Waals surface area contributed by atoms with Crippen LogP contribution in [0, 0.1) is 73.1 Å². The number of halogens is 9. The number of benzene rings is 3. The van der Waals surface area contributed by atoms with Crippen LogP contribution in [0.5, 0.6) is 0 Å². The van der Waals surface area contributed by atoms with Crippen molar-refractivity contribution < 1.29 is 39.5 Å². The van der Waals surface area contributed by atoms with E-state index in [2.05, 4.69) is 0 Å². The third-order valence-corrected chi connectivity index (χ3v) is 5.00. The molecule has 0 N–H and O–H groups in total. The average Bonchev–Trinajstić information content (AvgIpc) is 2.70. The lowest BCUT2D eigenvalue weighted by Crippen LogP contribution is -2.58. The molecule has 0 radical (unpaired) electrons. The van der Waals surface area contributed by atoms with Gasteiger partial charge in [-0.15, -0.1) is 0 Å². The summed E-state index contributed by atoms with van der Waals surface area (Å²) in [5.41, 5.74) is -1.72. The molecule has 0 atom stereocenters. The van der Waals surface area contributed by atoms with Gasteiger partial charge in [0, 0.05) is 5.46 Å². The normalized spacial score (nSPS) is 11.2. The zero-order valence-electron chi connectivity index (χ0n) is 16.2. The Labute approximate surface area is 171 Å². The van der Waals surface area contributed by atoms with E-state index in [1.807, 2.05) is 0 Å². The van der Waals surface area contributed by atoms with Crippen LogP contribution in [0.2, 0.25) is 0 Å². The van der Waals surface area contributed by atoms with E-state index in [4.69, 9.17) is 0 Å². The fraction of sp³-hybridized carbons (Fsp3) is 0.143. The van der Waals surface area contributed by atoms with Gasteiger partial charge in [-0.1, -0.05) is 34.3 Å². The molecule has 0 fully saturated rings. The van der Waals surface area contributed by atoms with Crippen LogP contribution >= 0.6 is 0 Å². The second-order valence-corrected chi connectivity index (χ2v) is 7.12. The monoisotopic (exact) mass is 446 g/mol. The molecule has 0 amide bonds. The van der Waals surface area contributed by atoms with E-state index in [9.17, 15) is 39.5 Å². The maximum absolute atomic E-state index is 14.7. The van der Waals surface area contributed by atoms with Crippen LogP contribution in [0.25, 0.3) is 0 Å². The van der Waals surface area contributed by atoms with Crippen LogP contribution in [0.1, 0.15) is 16.7 Å². The molecule has 0 aromatic heterocycles. The summed E-state index contributed by atoms with van der Waals surface area (Å²) in [7, 11) is 0. The van der Waals surface area contributed by atoms with Crippen molar-refractivity contribution in [2.45, 2.75) is 20.8 Å². The molecule has 0 spiro atoms. The molecule has 0 nitrogen and oxygen atoms in total. The molecule has 0 bridgehead atoms. The predicted octanol–water partition coefficient (Wildman–Crippen LogP) is 4.38. The van der Waals surface area contributed by atoms with Gasteiger partial charge in [0.1, 0.15) is 0 Å². The van der Waals surface area contributed by atoms with Crippen molar-refractivity contribution in [3.8, 4) is 0 Å². The third-order valence-electron chi connectivity index (χ3n) is 5.00. The molecular formula is C21H12BF9. The Morgan fingerprint density at radius 1 is 0.484 bits per heavy atom. The van der Waals surface area contributed by atoms with E-state index in [0.29, 0.717) is 5.56 Å². The maximum atomic E-state index is 14.7. The maximum Gasteiger partial charge on any atom is 0.253 e. The minimum Gasteiger partial charge on any atom is -0.204 e. The van der Waals surface area contributed by atoms with E-state index >= 15 is 0 Å². The van der Waals surface area contributed by atoms with Gasteiger partial charge in [0.25, 0.3) is 6.71 Å². The largest absolute Gasteiger partial charge is 0.253 e. The third kappa shape index (κ3) is 3.57. The molecule has 0 aliphatic rings. The van der Waals surface area contributed by atoms with Crippen molar-refractivity contribution in [2.24, 2.45) is 0 Å². The summed E-state index contributed by atoms with van der Waals surface area (Å²) >= 11 is 0. The number of aryl methyl sites for hydroxylation is 3. The number of hydrogen-bond donors (Lipinski definition) is 0. The topological polar surface area (TPSA) is 0 Å². The first-order valence-electron chi connectivity index (χ1n) is 8.80. The number of hydrogen-bond acceptors (Lipinski definition) is 0. The van der Waals surface area contributed by atoms with Gasteiger partial charge in [0.05, 0.1) is 0 Å². The average molecular weight is 446 g/mol. The standard InChI is InChI=1S/C21H12BF9/c1-7-4-8(2)12(9(3)5-7)22(10-6-11(23)15(25)18(28)14(10)24)13-16(26)19(29)21(31)20(30)17(13)27/h4-6H,1-3H3. The lowest BCUT2D eigenvalue weighted by Gasteiger charge is -2.23. The summed E-state index contributed by atoms with van der Waals surface area (Å²) in [6.45, 7) is 2.29. The second-order valence-electron chi connectivity index (χ2n) is 7.12. The molecule has 162 valence electrons. The van der Waals surface area contributed by atoms with Gasteiger partial charge in [-0.25, -0.2) is 39.5 Å². The highest BCUT2D eigenvalue weighted by Crippen LogP contribution is 2.20. The molecule has 0 heterocycles. The predicted molar refractivity (Wildman–Crippen MR) is 97.8 cm³/mol. The summed E-state index contributed by atoms with van der Waals surface area (Å²) in [4.78, 5) is 0. The van der Waals surface area contributed by atoms with Crippen molar-refractivity contribution in [3.63, 3.8) is 0 Å². The van der Waals surface area contributed by atoms with E-state index in [1.54, 1.807) is 6.92 Å². The quantitative estimate of drug-likeness (QED) is 0.243. The molecule has 31 heavy (non-hydrogen) atoms. The van der Waals surface area contributed by atoms with E-state index in [1.165, 1.54) is 26.0 Å². The lowest BCUT2D eigenvalue weighted by atomic mass is 9.35. The van der Waals surface area contributed by atoms with E-state index in [-0.39, 0.29) is 22.7 Å². The van der Waals surface area contributed by atoms with Crippen LogP contribution < -0.4 is 16.4 Å². The fourth-order valence-electron chi connectivity index (χ4n) is 3.78. The Morgan fingerprint density at radius 3 is 1.39 bits per heavy atom. The van der Waals surface area contributed by atoms with Crippen molar-refractivity contribution in [3.05, 3.63) is 87.2 Å². The Kier molecular flexibility index (Phi) is 5.86. The molecule has 0 saturated heterocycles. The van der Waals surface area contributed by atoms with Gasteiger partial charge in [0.15, 0.2) is 52.4 Å². The van der Waals surface area contributed by atoms with Crippen LogP contribution in [0.3, 0.4) is 0 Å². The fourth-order valence-corrected chi connectivity index (χ4v) is 3.78. The van der Waals surface area contributed by atoms with Crippen molar-refractivity contribution in [1.82, 2.24) is 0 Å². The molecule has 3 aromatic carbocycles. The van der Waals surface area contributed by atoms with Crippen LogP contribution in [0.4, 0.5) is 39.5 Å². The Bertz CT molecular complexity index is 1170. The highest BCUT2D eigenvalue weighted by molar-refractivity contribution is 6.96. The van der Waals surface area contributed by atoms with Crippen LogP contribution in [-0.4, -0.2) is 6.71 Å². The smallest absolute Gasteiger partial charge is 0.204 e. The minimum absolute atomic E-state index is 0.134. The van der Waals surface area contributed by atoms with E-state index < -0.39 is 70.0 Å². The first kappa shape index (κ1) is 22.8. The Balaban J connectivity index is 2.54. The molecule has 0 aliphatic carbocycles. The summed E-state index contributed by atoms with van der Waals surface area (Å²) in [6.07, 6.45) is 0. The molecule has 3 rings (SSSR count). The number of rotatable bonds is 3. The van der Waals surface area contributed by atoms with Gasteiger partial charge >= 0.3 is 0 Å². The molecular weight excluding hydrogens is 434 g/mol. The van der Waals surface area contributed by atoms with Gasteiger partial charge in [-0.2, -0.15) is 0 Å². The van der Waals surface area contributed by atoms with Gasteiger partial charge in [0.2, 0.25) is 0 Å². The van der Waals surface area contributed by atoms with Crippen LogP contribution in [0.15, 0.2) is 18.2 Å². The summed E-state index contributed by atoms with van der Waals surface area (Å²) < 4.78 is 127. The Morgan fingerprint density at radius 2 is 0.903 bits per heavy atom. The highest BCUT2D eigenvalue weighted by Gasteiger charge is 2.39. The van der Waals surface area contributed by atoms with Crippen LogP contribution in [-0.2, 0) is 0 Å². The molecule has 10 heteroatoms. The summed E-state index contributed by atoms with van der Waals surface area (Å²) in [5.74, 6) is -20.1. The zero-order valence-corrected chi connectivity index (χ0v) is 16.2. The van der Waals surface area contributed by atoms with Crippen molar-refractivity contribution >= 4 is 23.1 Å². The zero-order chi connectivity index (χ0) is 23.4. The lowest BCUT2D eigenvalue weighted by molar-refractivity contribution is 0.384. The van der Waals surface area contributed by atoms with Gasteiger partial charge < -0.3 is 0 Å². The first-order chi connectivity index (χ1) is 14.4. The molecule has 0 aliphatic heterocycles. The molecule has 0 saturated carbocycles. The van der Waals surface area contributed by atoms with Gasteiger partial charge in [-0.05, 0) is 32.3 Å². The summed E-state index contributed by atoms with van der Waals surface area (Å²) in [6, 6.07) is 3.07. The SMILES string of the molecule is Cc1cc(C)c(B(c2cc(F)c(F)c(F)c2F)c2c(F)c(F)c(F)c(F)c2F)c(C)c1. The Hall–Kier alpha value is -2.91. The van der Waals surface area contributed by atoms with E-state index in [0.717, 1.165) is 0 Å². The first-order valence-corrected chi connectivity index (χ1v) is 8.80.